The predicted octanol–water partition coefficient (Wildman–Crippen LogP) is 2.77. The average molecular weight is 266 g/mol. The molecule has 5 heteroatoms. The molecule has 1 unspecified atom stereocenters. The third-order valence-corrected chi connectivity index (χ3v) is 2.91. The fourth-order valence-corrected chi connectivity index (χ4v) is 1.93. The molecule has 0 aliphatic heterocycles. The SMILES string of the molecule is CNC(Cc1cc(Cl)ccc1F)c1ncccn1. The Morgan fingerprint density at radius 1 is 1.33 bits per heavy atom. The minimum Gasteiger partial charge on any atom is -0.310 e. The molecule has 2 aromatic rings. The van der Waals surface area contributed by atoms with Crippen molar-refractivity contribution in [3.05, 3.63) is 58.9 Å². The van der Waals surface area contributed by atoms with E-state index in [0.717, 1.165) is 0 Å². The van der Waals surface area contributed by atoms with Gasteiger partial charge in [-0.25, -0.2) is 14.4 Å². The Hall–Kier alpha value is -1.52. The highest BCUT2D eigenvalue weighted by Gasteiger charge is 2.15. The van der Waals surface area contributed by atoms with Crippen LogP contribution in [0.4, 0.5) is 4.39 Å². The molecule has 3 nitrogen and oxygen atoms in total. The second kappa shape index (κ2) is 5.89. The van der Waals surface area contributed by atoms with Gasteiger partial charge >= 0.3 is 0 Å². The van der Waals surface area contributed by atoms with Crippen LogP contribution in [-0.2, 0) is 6.42 Å². The van der Waals surface area contributed by atoms with Gasteiger partial charge in [-0.05, 0) is 43.3 Å². The number of halogens is 2. The minimum absolute atomic E-state index is 0.140. The van der Waals surface area contributed by atoms with E-state index in [-0.39, 0.29) is 11.9 Å². The van der Waals surface area contributed by atoms with E-state index in [4.69, 9.17) is 11.6 Å². The number of aromatic nitrogens is 2. The van der Waals surface area contributed by atoms with Crippen LogP contribution in [0.15, 0.2) is 36.7 Å². The standard InChI is InChI=1S/C13H13ClFN3/c1-16-12(13-17-5-2-6-18-13)8-9-7-10(14)3-4-11(9)15/h2-7,12,16H,8H2,1H3. The van der Waals surface area contributed by atoms with Crippen LogP contribution in [0.5, 0.6) is 0 Å². The Bertz CT molecular complexity index is 519. The molecular weight excluding hydrogens is 253 g/mol. The molecule has 0 aliphatic carbocycles. The number of likely N-dealkylation sites (N-methyl/N-ethyl adjacent to an activating group) is 1. The van der Waals surface area contributed by atoms with Crippen LogP contribution in [0, 0.1) is 5.82 Å². The summed E-state index contributed by atoms with van der Waals surface area (Å²) in [5.74, 6) is 0.370. The Morgan fingerprint density at radius 2 is 2.06 bits per heavy atom. The van der Waals surface area contributed by atoms with Gasteiger partial charge in [0, 0.05) is 17.4 Å². The summed E-state index contributed by atoms with van der Waals surface area (Å²) >= 11 is 5.87. The molecule has 0 radical (unpaired) electrons. The third-order valence-electron chi connectivity index (χ3n) is 2.68. The fourth-order valence-electron chi connectivity index (χ4n) is 1.73. The normalized spacial score (nSPS) is 12.4. The summed E-state index contributed by atoms with van der Waals surface area (Å²) in [7, 11) is 1.80. The molecule has 18 heavy (non-hydrogen) atoms. The van der Waals surface area contributed by atoms with Crippen LogP contribution < -0.4 is 5.32 Å². The summed E-state index contributed by atoms with van der Waals surface area (Å²) in [5.41, 5.74) is 0.550. The summed E-state index contributed by atoms with van der Waals surface area (Å²) < 4.78 is 13.7. The van der Waals surface area contributed by atoms with Crippen molar-refractivity contribution < 1.29 is 4.39 Å². The maximum atomic E-state index is 13.7. The van der Waals surface area contributed by atoms with Gasteiger partial charge < -0.3 is 5.32 Å². The van der Waals surface area contributed by atoms with Gasteiger partial charge in [-0.3, -0.25) is 0 Å². The summed E-state index contributed by atoms with van der Waals surface area (Å²) in [5, 5.41) is 3.60. The van der Waals surface area contributed by atoms with E-state index in [1.807, 2.05) is 0 Å². The van der Waals surface area contributed by atoms with E-state index < -0.39 is 0 Å². The number of nitrogens with zero attached hydrogens (tertiary/aromatic N) is 2. The molecule has 0 fully saturated rings. The molecule has 2 rings (SSSR count). The van der Waals surface area contributed by atoms with E-state index in [2.05, 4.69) is 15.3 Å². The van der Waals surface area contributed by atoms with Crippen molar-refractivity contribution in [3.8, 4) is 0 Å². The van der Waals surface area contributed by atoms with E-state index in [1.54, 1.807) is 31.6 Å². The van der Waals surface area contributed by atoms with Crippen molar-refractivity contribution in [2.75, 3.05) is 7.05 Å². The topological polar surface area (TPSA) is 37.8 Å². The maximum Gasteiger partial charge on any atom is 0.145 e. The number of hydrogen-bond donors (Lipinski definition) is 1. The van der Waals surface area contributed by atoms with Crippen LogP contribution in [0.1, 0.15) is 17.4 Å². The molecule has 1 heterocycles. The van der Waals surface area contributed by atoms with E-state index >= 15 is 0 Å². The molecule has 0 saturated heterocycles. The molecule has 94 valence electrons. The van der Waals surface area contributed by atoms with Gasteiger partial charge in [-0.1, -0.05) is 11.6 Å². The molecule has 0 amide bonds. The van der Waals surface area contributed by atoms with Gasteiger partial charge in [0.15, 0.2) is 0 Å². The van der Waals surface area contributed by atoms with E-state index in [1.165, 1.54) is 12.1 Å². The highest BCUT2D eigenvalue weighted by molar-refractivity contribution is 6.30. The first-order valence-corrected chi connectivity index (χ1v) is 5.96. The highest BCUT2D eigenvalue weighted by atomic mass is 35.5. The monoisotopic (exact) mass is 265 g/mol. The van der Waals surface area contributed by atoms with Gasteiger partial charge in [-0.2, -0.15) is 0 Å². The molecule has 1 atom stereocenters. The molecule has 0 aliphatic rings. The van der Waals surface area contributed by atoms with Crippen molar-refractivity contribution in [3.63, 3.8) is 0 Å². The van der Waals surface area contributed by atoms with E-state index in [0.29, 0.717) is 22.8 Å². The lowest BCUT2D eigenvalue weighted by Gasteiger charge is -2.15. The predicted molar refractivity (Wildman–Crippen MR) is 68.9 cm³/mol. The molecular formula is C13H13ClFN3. The zero-order valence-electron chi connectivity index (χ0n) is 9.90. The van der Waals surface area contributed by atoms with Crippen LogP contribution in [0.25, 0.3) is 0 Å². The molecule has 1 aromatic heterocycles. The summed E-state index contributed by atoms with van der Waals surface area (Å²) in [6.07, 6.45) is 3.79. The van der Waals surface area contributed by atoms with Crippen molar-refractivity contribution >= 4 is 11.6 Å². The molecule has 1 aromatic carbocycles. The average Bonchev–Trinajstić information content (AvgIpc) is 2.41. The van der Waals surface area contributed by atoms with Gasteiger partial charge in [0.2, 0.25) is 0 Å². The molecule has 0 saturated carbocycles. The summed E-state index contributed by atoms with van der Waals surface area (Å²) in [6.45, 7) is 0. The van der Waals surface area contributed by atoms with Crippen molar-refractivity contribution in [1.29, 1.82) is 0 Å². The Morgan fingerprint density at radius 3 is 2.72 bits per heavy atom. The number of benzene rings is 1. The van der Waals surface area contributed by atoms with Gasteiger partial charge in [-0.15, -0.1) is 0 Å². The lowest BCUT2D eigenvalue weighted by Crippen LogP contribution is -2.21. The molecule has 0 spiro atoms. The fraction of sp³-hybridized carbons (Fsp3) is 0.231. The first-order chi connectivity index (χ1) is 8.70. The van der Waals surface area contributed by atoms with E-state index in [9.17, 15) is 4.39 Å². The zero-order valence-corrected chi connectivity index (χ0v) is 10.7. The minimum atomic E-state index is -0.268. The largest absolute Gasteiger partial charge is 0.310 e. The van der Waals surface area contributed by atoms with Crippen LogP contribution in [0.3, 0.4) is 0 Å². The lowest BCUT2D eigenvalue weighted by atomic mass is 10.0. The highest BCUT2D eigenvalue weighted by Crippen LogP contribution is 2.20. The Labute approximate surface area is 110 Å². The first-order valence-electron chi connectivity index (χ1n) is 5.59. The number of rotatable bonds is 4. The van der Waals surface area contributed by atoms with Gasteiger partial charge in [0.05, 0.1) is 6.04 Å². The Balaban J connectivity index is 2.23. The van der Waals surface area contributed by atoms with Crippen molar-refractivity contribution in [1.82, 2.24) is 15.3 Å². The quantitative estimate of drug-likeness (QED) is 0.924. The smallest absolute Gasteiger partial charge is 0.145 e. The number of hydrogen-bond acceptors (Lipinski definition) is 3. The lowest BCUT2D eigenvalue weighted by molar-refractivity contribution is 0.532. The van der Waals surface area contributed by atoms with Crippen molar-refractivity contribution in [2.45, 2.75) is 12.5 Å². The van der Waals surface area contributed by atoms with Crippen LogP contribution in [-0.4, -0.2) is 17.0 Å². The van der Waals surface area contributed by atoms with Crippen LogP contribution >= 0.6 is 11.6 Å². The summed E-state index contributed by atoms with van der Waals surface area (Å²) in [4.78, 5) is 8.34. The zero-order chi connectivity index (χ0) is 13.0. The summed E-state index contributed by atoms with van der Waals surface area (Å²) in [6, 6.07) is 6.14. The third kappa shape index (κ3) is 3.03. The molecule has 0 bridgehead atoms. The van der Waals surface area contributed by atoms with Crippen molar-refractivity contribution in [2.24, 2.45) is 0 Å². The second-order valence-electron chi connectivity index (χ2n) is 3.89. The second-order valence-corrected chi connectivity index (χ2v) is 4.32. The maximum absolute atomic E-state index is 13.7. The van der Waals surface area contributed by atoms with Gasteiger partial charge in [0.1, 0.15) is 11.6 Å². The first kappa shape index (κ1) is 12.9. The molecule has 1 N–H and O–H groups in total. The Kier molecular flexibility index (Phi) is 4.23. The van der Waals surface area contributed by atoms with Gasteiger partial charge in [0.25, 0.3) is 0 Å². The number of nitrogens with one attached hydrogen (secondary N) is 1. The van der Waals surface area contributed by atoms with Crippen LogP contribution in [0.2, 0.25) is 5.02 Å².